The molecule has 2 N–H and O–H groups in total. The standard InChI is InChI=1S/C25H20ClNO5/c26-18-8-6-16(7-9-18)21-14-32-23-12-19(10-11-20(23)25(21)30)31-15-24(29)27-22(13-28)17-4-2-1-3-5-17/h1-12,14,22,28H,13,15H2,(H,27,29). The molecule has 0 bridgehead atoms. The van der Waals surface area contributed by atoms with Crippen molar-refractivity contribution in [2.45, 2.75) is 6.04 Å². The molecule has 0 aliphatic carbocycles. The largest absolute Gasteiger partial charge is 0.484 e. The zero-order valence-corrected chi connectivity index (χ0v) is 17.7. The maximum atomic E-state index is 12.9. The molecule has 4 rings (SSSR count). The van der Waals surface area contributed by atoms with E-state index in [4.69, 9.17) is 20.8 Å². The Morgan fingerprint density at radius 2 is 1.81 bits per heavy atom. The molecule has 32 heavy (non-hydrogen) atoms. The molecule has 1 heterocycles. The molecule has 0 radical (unpaired) electrons. The van der Waals surface area contributed by atoms with Crippen LogP contribution >= 0.6 is 11.6 Å². The molecule has 1 amide bonds. The summed E-state index contributed by atoms with van der Waals surface area (Å²) in [5, 5.41) is 13.3. The number of halogens is 1. The first-order valence-electron chi connectivity index (χ1n) is 9.94. The predicted molar refractivity (Wildman–Crippen MR) is 123 cm³/mol. The van der Waals surface area contributed by atoms with Crippen molar-refractivity contribution in [1.82, 2.24) is 5.32 Å². The fourth-order valence-corrected chi connectivity index (χ4v) is 3.46. The minimum atomic E-state index is -0.520. The molecule has 162 valence electrons. The van der Waals surface area contributed by atoms with Gasteiger partial charge in [-0.05, 0) is 35.4 Å². The smallest absolute Gasteiger partial charge is 0.258 e. The van der Waals surface area contributed by atoms with E-state index in [1.165, 1.54) is 6.26 Å². The summed E-state index contributed by atoms with van der Waals surface area (Å²) in [6, 6.07) is 20.4. The van der Waals surface area contributed by atoms with E-state index in [9.17, 15) is 14.7 Å². The summed E-state index contributed by atoms with van der Waals surface area (Å²) >= 11 is 5.91. The molecule has 0 fully saturated rings. The van der Waals surface area contributed by atoms with E-state index in [-0.39, 0.29) is 24.5 Å². The topological polar surface area (TPSA) is 88.8 Å². The molecule has 0 saturated heterocycles. The molecule has 1 unspecified atom stereocenters. The van der Waals surface area contributed by atoms with Crippen molar-refractivity contribution in [3.05, 3.63) is 99.9 Å². The van der Waals surface area contributed by atoms with Gasteiger partial charge in [-0.2, -0.15) is 0 Å². The third-order valence-electron chi connectivity index (χ3n) is 4.99. The lowest BCUT2D eigenvalue weighted by Crippen LogP contribution is -2.34. The molecule has 0 aliphatic heterocycles. The number of ether oxygens (including phenoxy) is 1. The average Bonchev–Trinajstić information content (AvgIpc) is 2.82. The first kappa shape index (κ1) is 21.6. The van der Waals surface area contributed by atoms with Gasteiger partial charge >= 0.3 is 0 Å². The van der Waals surface area contributed by atoms with E-state index in [0.29, 0.717) is 32.9 Å². The molecule has 6 nitrogen and oxygen atoms in total. The predicted octanol–water partition coefficient (Wildman–Crippen LogP) is 4.34. The van der Waals surface area contributed by atoms with E-state index < -0.39 is 6.04 Å². The molecule has 7 heteroatoms. The highest BCUT2D eigenvalue weighted by atomic mass is 35.5. The number of hydrogen-bond donors (Lipinski definition) is 2. The van der Waals surface area contributed by atoms with Crippen LogP contribution in [0.25, 0.3) is 22.1 Å². The lowest BCUT2D eigenvalue weighted by Gasteiger charge is -2.17. The van der Waals surface area contributed by atoms with Crippen LogP contribution in [0, 0.1) is 0 Å². The number of amides is 1. The number of nitrogens with one attached hydrogen (secondary N) is 1. The molecule has 0 spiro atoms. The van der Waals surface area contributed by atoms with Gasteiger partial charge in [0.05, 0.1) is 23.6 Å². The Hall–Kier alpha value is -3.61. The number of rotatable bonds is 7. The Morgan fingerprint density at radius 1 is 1.06 bits per heavy atom. The number of hydrogen-bond acceptors (Lipinski definition) is 5. The molecule has 1 aromatic heterocycles. The van der Waals surface area contributed by atoms with E-state index in [2.05, 4.69) is 5.32 Å². The average molecular weight is 450 g/mol. The van der Waals surface area contributed by atoms with E-state index in [1.807, 2.05) is 30.3 Å². The third kappa shape index (κ3) is 4.82. The Labute approximate surface area is 189 Å². The fourth-order valence-electron chi connectivity index (χ4n) is 3.33. The van der Waals surface area contributed by atoms with Crippen LogP contribution in [0.2, 0.25) is 5.02 Å². The Bertz CT molecular complexity index is 1290. The minimum absolute atomic E-state index is 0.175. The molecular weight excluding hydrogens is 430 g/mol. The molecule has 0 saturated carbocycles. The normalized spacial score (nSPS) is 11.8. The molecule has 3 aromatic carbocycles. The minimum Gasteiger partial charge on any atom is -0.484 e. The summed E-state index contributed by atoms with van der Waals surface area (Å²) in [5.74, 6) is 0.00263. The number of carbonyl (C=O) groups excluding carboxylic acids is 1. The van der Waals surface area contributed by atoms with Crippen molar-refractivity contribution in [1.29, 1.82) is 0 Å². The van der Waals surface area contributed by atoms with Crippen LogP contribution in [0.15, 0.2) is 88.3 Å². The van der Waals surface area contributed by atoms with Crippen LogP contribution in [0.4, 0.5) is 0 Å². The van der Waals surface area contributed by atoms with Gasteiger partial charge in [-0.25, -0.2) is 0 Å². The van der Waals surface area contributed by atoms with E-state index in [1.54, 1.807) is 42.5 Å². The van der Waals surface area contributed by atoms with Crippen LogP contribution in [0.1, 0.15) is 11.6 Å². The number of aliphatic hydroxyl groups is 1. The maximum Gasteiger partial charge on any atom is 0.258 e. The number of fused-ring (bicyclic) bond motifs is 1. The van der Waals surface area contributed by atoms with Gasteiger partial charge in [0.2, 0.25) is 0 Å². The van der Waals surface area contributed by atoms with Crippen LogP contribution in [-0.2, 0) is 4.79 Å². The molecule has 4 aromatic rings. The summed E-state index contributed by atoms with van der Waals surface area (Å²) in [6.45, 7) is -0.477. The summed E-state index contributed by atoms with van der Waals surface area (Å²) in [5.41, 5.74) is 2.11. The van der Waals surface area contributed by atoms with Gasteiger partial charge in [0.1, 0.15) is 17.6 Å². The number of carbonyl (C=O) groups is 1. The van der Waals surface area contributed by atoms with Crippen LogP contribution < -0.4 is 15.5 Å². The Balaban J connectivity index is 1.46. The summed E-state index contributed by atoms with van der Waals surface area (Å²) < 4.78 is 11.2. The van der Waals surface area contributed by atoms with Crippen molar-refractivity contribution < 1.29 is 19.1 Å². The zero-order chi connectivity index (χ0) is 22.5. The van der Waals surface area contributed by atoms with Crippen molar-refractivity contribution in [3.8, 4) is 16.9 Å². The summed E-state index contributed by atoms with van der Waals surface area (Å²) in [6.07, 6.45) is 1.40. The zero-order valence-electron chi connectivity index (χ0n) is 17.0. The monoisotopic (exact) mass is 449 g/mol. The van der Waals surface area contributed by atoms with E-state index >= 15 is 0 Å². The van der Waals surface area contributed by atoms with Crippen LogP contribution in [-0.4, -0.2) is 24.2 Å². The Morgan fingerprint density at radius 3 is 2.53 bits per heavy atom. The highest BCUT2D eigenvalue weighted by Gasteiger charge is 2.14. The number of aliphatic hydroxyl groups excluding tert-OH is 1. The fraction of sp³-hybridized carbons (Fsp3) is 0.120. The SMILES string of the molecule is O=C(COc1ccc2c(=O)c(-c3ccc(Cl)cc3)coc2c1)NC(CO)c1ccccc1. The number of benzene rings is 3. The molecule has 1 atom stereocenters. The quantitative estimate of drug-likeness (QED) is 0.438. The first-order valence-corrected chi connectivity index (χ1v) is 10.3. The third-order valence-corrected chi connectivity index (χ3v) is 5.24. The van der Waals surface area contributed by atoms with Gasteiger partial charge in [-0.1, -0.05) is 54.1 Å². The molecular formula is C25H20ClNO5. The van der Waals surface area contributed by atoms with Gasteiger partial charge < -0.3 is 19.6 Å². The van der Waals surface area contributed by atoms with Crippen molar-refractivity contribution >= 4 is 28.5 Å². The van der Waals surface area contributed by atoms with E-state index in [0.717, 1.165) is 5.56 Å². The maximum absolute atomic E-state index is 12.9. The van der Waals surface area contributed by atoms with Gasteiger partial charge in [0.25, 0.3) is 5.91 Å². The van der Waals surface area contributed by atoms with Gasteiger partial charge in [-0.3, -0.25) is 9.59 Å². The van der Waals surface area contributed by atoms with Crippen molar-refractivity contribution in [3.63, 3.8) is 0 Å². The second-order valence-electron chi connectivity index (χ2n) is 7.15. The molecule has 0 aliphatic rings. The second kappa shape index (κ2) is 9.68. The lowest BCUT2D eigenvalue weighted by molar-refractivity contribution is -0.124. The summed E-state index contributed by atoms with van der Waals surface area (Å²) in [4.78, 5) is 25.1. The Kier molecular flexibility index (Phi) is 6.54. The van der Waals surface area contributed by atoms with Crippen molar-refractivity contribution in [2.24, 2.45) is 0 Å². The first-order chi connectivity index (χ1) is 15.5. The van der Waals surface area contributed by atoms with Gasteiger partial charge in [-0.15, -0.1) is 0 Å². The van der Waals surface area contributed by atoms with Crippen LogP contribution in [0.3, 0.4) is 0 Å². The van der Waals surface area contributed by atoms with Crippen LogP contribution in [0.5, 0.6) is 5.75 Å². The highest BCUT2D eigenvalue weighted by Crippen LogP contribution is 2.24. The highest BCUT2D eigenvalue weighted by molar-refractivity contribution is 6.30. The van der Waals surface area contributed by atoms with Gasteiger partial charge in [0, 0.05) is 11.1 Å². The summed E-state index contributed by atoms with van der Waals surface area (Å²) in [7, 11) is 0. The van der Waals surface area contributed by atoms with Crippen molar-refractivity contribution in [2.75, 3.05) is 13.2 Å². The van der Waals surface area contributed by atoms with Gasteiger partial charge in [0.15, 0.2) is 12.0 Å². The lowest BCUT2D eigenvalue weighted by atomic mass is 10.1. The second-order valence-corrected chi connectivity index (χ2v) is 7.58.